The fraction of sp³-hybridized carbons (Fsp3) is 0.357. The second kappa shape index (κ2) is 6.21. The van der Waals surface area contributed by atoms with Gasteiger partial charge in [-0.05, 0) is 18.5 Å². The summed E-state index contributed by atoms with van der Waals surface area (Å²) in [6, 6.07) is 10.5. The molecule has 0 saturated heterocycles. The number of nitrogens with zero attached hydrogens (tertiary/aromatic N) is 2. The Hall–Kier alpha value is -1.61. The van der Waals surface area contributed by atoms with Crippen molar-refractivity contribution in [3.8, 4) is 0 Å². The quantitative estimate of drug-likeness (QED) is 0.771. The molecule has 0 aliphatic heterocycles. The van der Waals surface area contributed by atoms with Crippen LogP contribution in [-0.2, 0) is 13.1 Å². The highest BCUT2D eigenvalue weighted by molar-refractivity contribution is 5.15. The zero-order valence-electron chi connectivity index (χ0n) is 10.3. The van der Waals surface area contributed by atoms with Crippen LogP contribution >= 0.6 is 0 Å². The van der Waals surface area contributed by atoms with Gasteiger partial charge >= 0.3 is 0 Å². The molecule has 0 radical (unpaired) electrons. The van der Waals surface area contributed by atoms with Crippen LogP contribution in [0.25, 0.3) is 0 Å². The van der Waals surface area contributed by atoms with Crippen molar-refractivity contribution in [1.29, 1.82) is 0 Å². The molecule has 0 unspecified atom stereocenters. The molecular formula is C14H19N3. The van der Waals surface area contributed by atoms with Gasteiger partial charge in [-0.25, -0.2) is 4.98 Å². The van der Waals surface area contributed by atoms with Crippen molar-refractivity contribution in [3.63, 3.8) is 0 Å². The van der Waals surface area contributed by atoms with Crippen LogP contribution in [0.4, 0.5) is 0 Å². The van der Waals surface area contributed by atoms with Crippen molar-refractivity contribution < 1.29 is 0 Å². The van der Waals surface area contributed by atoms with E-state index in [2.05, 4.69) is 46.1 Å². The molecule has 0 amide bonds. The summed E-state index contributed by atoms with van der Waals surface area (Å²) in [6.45, 7) is 4.94. The molecular weight excluding hydrogens is 210 g/mol. The van der Waals surface area contributed by atoms with Crippen LogP contribution in [0.3, 0.4) is 0 Å². The molecule has 3 heteroatoms. The molecule has 0 aliphatic carbocycles. The first kappa shape index (κ1) is 11.9. The SMILES string of the molecule is CCCNCc1nccn1Cc1ccccc1. The van der Waals surface area contributed by atoms with Crippen molar-refractivity contribution in [1.82, 2.24) is 14.9 Å². The van der Waals surface area contributed by atoms with Crippen LogP contribution < -0.4 is 5.32 Å². The van der Waals surface area contributed by atoms with E-state index in [0.717, 1.165) is 31.9 Å². The monoisotopic (exact) mass is 229 g/mol. The first-order valence-electron chi connectivity index (χ1n) is 6.15. The van der Waals surface area contributed by atoms with E-state index in [-0.39, 0.29) is 0 Å². The van der Waals surface area contributed by atoms with Crippen LogP contribution in [0.15, 0.2) is 42.7 Å². The van der Waals surface area contributed by atoms with Gasteiger partial charge in [0.1, 0.15) is 5.82 Å². The third kappa shape index (κ3) is 3.43. The third-order valence-electron chi connectivity index (χ3n) is 2.71. The largest absolute Gasteiger partial charge is 0.329 e. The highest BCUT2D eigenvalue weighted by atomic mass is 15.1. The number of hydrogen-bond donors (Lipinski definition) is 1. The van der Waals surface area contributed by atoms with Crippen LogP contribution in [-0.4, -0.2) is 16.1 Å². The molecule has 2 aromatic rings. The maximum Gasteiger partial charge on any atom is 0.122 e. The summed E-state index contributed by atoms with van der Waals surface area (Å²) in [6.07, 6.45) is 5.06. The van der Waals surface area contributed by atoms with Gasteiger partial charge in [0.25, 0.3) is 0 Å². The van der Waals surface area contributed by atoms with Gasteiger partial charge in [0.2, 0.25) is 0 Å². The summed E-state index contributed by atoms with van der Waals surface area (Å²) in [4.78, 5) is 4.38. The lowest BCUT2D eigenvalue weighted by Crippen LogP contribution is -2.17. The van der Waals surface area contributed by atoms with Gasteiger partial charge in [-0.1, -0.05) is 37.3 Å². The molecule has 1 N–H and O–H groups in total. The number of benzene rings is 1. The molecule has 0 atom stereocenters. The lowest BCUT2D eigenvalue weighted by Gasteiger charge is -2.08. The molecule has 0 fully saturated rings. The van der Waals surface area contributed by atoms with Gasteiger partial charge in [0, 0.05) is 18.9 Å². The summed E-state index contributed by atoms with van der Waals surface area (Å²) < 4.78 is 2.19. The molecule has 0 bridgehead atoms. The normalized spacial score (nSPS) is 10.6. The van der Waals surface area contributed by atoms with Gasteiger partial charge in [-0.15, -0.1) is 0 Å². The summed E-state index contributed by atoms with van der Waals surface area (Å²) in [5.74, 6) is 1.10. The smallest absolute Gasteiger partial charge is 0.122 e. The first-order chi connectivity index (χ1) is 8.40. The lowest BCUT2D eigenvalue weighted by atomic mass is 10.2. The summed E-state index contributed by atoms with van der Waals surface area (Å²) in [5.41, 5.74) is 1.31. The summed E-state index contributed by atoms with van der Waals surface area (Å²) in [5, 5.41) is 3.38. The molecule has 1 heterocycles. The minimum Gasteiger partial charge on any atom is -0.329 e. The second-order valence-corrected chi connectivity index (χ2v) is 4.13. The van der Waals surface area contributed by atoms with Crippen molar-refractivity contribution in [3.05, 3.63) is 54.1 Å². The van der Waals surface area contributed by atoms with Gasteiger partial charge < -0.3 is 9.88 Å². The first-order valence-corrected chi connectivity index (χ1v) is 6.15. The lowest BCUT2D eigenvalue weighted by molar-refractivity contribution is 0.615. The van der Waals surface area contributed by atoms with E-state index >= 15 is 0 Å². The Bertz CT molecular complexity index is 434. The Morgan fingerprint density at radius 2 is 2.06 bits per heavy atom. The summed E-state index contributed by atoms with van der Waals surface area (Å²) in [7, 11) is 0. The third-order valence-corrected chi connectivity index (χ3v) is 2.71. The van der Waals surface area contributed by atoms with E-state index in [4.69, 9.17) is 0 Å². The average Bonchev–Trinajstić information content (AvgIpc) is 2.79. The van der Waals surface area contributed by atoms with Crippen LogP contribution in [0, 0.1) is 0 Å². The van der Waals surface area contributed by atoms with Crippen molar-refractivity contribution >= 4 is 0 Å². The van der Waals surface area contributed by atoms with Crippen LogP contribution in [0.5, 0.6) is 0 Å². The minimum absolute atomic E-state index is 0.841. The highest BCUT2D eigenvalue weighted by Crippen LogP contribution is 2.05. The Morgan fingerprint density at radius 1 is 1.24 bits per heavy atom. The average molecular weight is 229 g/mol. The van der Waals surface area contributed by atoms with E-state index in [1.54, 1.807) is 0 Å². The predicted octanol–water partition coefficient (Wildman–Crippen LogP) is 2.43. The van der Waals surface area contributed by atoms with E-state index in [0.29, 0.717) is 0 Å². The number of nitrogens with one attached hydrogen (secondary N) is 1. The van der Waals surface area contributed by atoms with Crippen molar-refractivity contribution in [2.24, 2.45) is 0 Å². The van der Waals surface area contributed by atoms with E-state index in [1.165, 1.54) is 5.56 Å². The minimum atomic E-state index is 0.841. The maximum atomic E-state index is 4.38. The topological polar surface area (TPSA) is 29.9 Å². The summed E-state index contributed by atoms with van der Waals surface area (Å²) >= 11 is 0. The number of rotatable bonds is 6. The molecule has 2 rings (SSSR count). The molecule has 90 valence electrons. The van der Waals surface area contributed by atoms with Crippen LogP contribution in [0.1, 0.15) is 24.7 Å². The standard InChI is InChI=1S/C14H19N3/c1-2-8-15-11-14-16-9-10-17(14)12-13-6-4-3-5-7-13/h3-7,9-10,15H,2,8,11-12H2,1H3. The molecule has 0 saturated carbocycles. The number of imidazole rings is 1. The predicted molar refractivity (Wildman–Crippen MR) is 69.8 cm³/mol. The van der Waals surface area contributed by atoms with E-state index in [1.807, 2.05) is 18.5 Å². The highest BCUT2D eigenvalue weighted by Gasteiger charge is 2.02. The zero-order valence-corrected chi connectivity index (χ0v) is 10.3. The Labute approximate surface area is 103 Å². The maximum absolute atomic E-state index is 4.38. The van der Waals surface area contributed by atoms with Gasteiger partial charge in [-0.2, -0.15) is 0 Å². The van der Waals surface area contributed by atoms with E-state index < -0.39 is 0 Å². The van der Waals surface area contributed by atoms with Crippen molar-refractivity contribution in [2.75, 3.05) is 6.54 Å². The van der Waals surface area contributed by atoms with Gasteiger partial charge in [0.15, 0.2) is 0 Å². The fourth-order valence-corrected chi connectivity index (χ4v) is 1.81. The Kier molecular flexibility index (Phi) is 4.33. The van der Waals surface area contributed by atoms with Gasteiger partial charge in [-0.3, -0.25) is 0 Å². The molecule has 0 aliphatic rings. The molecule has 17 heavy (non-hydrogen) atoms. The molecule has 3 nitrogen and oxygen atoms in total. The van der Waals surface area contributed by atoms with Crippen molar-refractivity contribution in [2.45, 2.75) is 26.4 Å². The molecule has 1 aromatic carbocycles. The number of hydrogen-bond acceptors (Lipinski definition) is 2. The van der Waals surface area contributed by atoms with Gasteiger partial charge in [0.05, 0.1) is 6.54 Å². The molecule has 1 aromatic heterocycles. The Morgan fingerprint density at radius 3 is 2.82 bits per heavy atom. The van der Waals surface area contributed by atoms with Crippen LogP contribution in [0.2, 0.25) is 0 Å². The van der Waals surface area contributed by atoms with E-state index in [9.17, 15) is 0 Å². The Balaban J connectivity index is 1.99. The number of aromatic nitrogens is 2. The zero-order chi connectivity index (χ0) is 11.9. The molecule has 0 spiro atoms. The second-order valence-electron chi connectivity index (χ2n) is 4.13. The fourth-order valence-electron chi connectivity index (χ4n) is 1.81.